The fourth-order valence-electron chi connectivity index (χ4n) is 2.64. The van der Waals surface area contributed by atoms with Crippen molar-refractivity contribution in [3.8, 4) is 5.75 Å². The van der Waals surface area contributed by atoms with Crippen molar-refractivity contribution in [3.63, 3.8) is 0 Å². The summed E-state index contributed by atoms with van der Waals surface area (Å²) in [6, 6.07) is 4.76. The van der Waals surface area contributed by atoms with E-state index >= 15 is 0 Å². The van der Waals surface area contributed by atoms with E-state index in [4.69, 9.17) is 27.9 Å². The molecule has 11 heteroatoms. The second-order valence-corrected chi connectivity index (χ2v) is 6.67. The normalized spacial score (nSPS) is 12.3. The molecule has 1 atom stereocenters. The zero-order valence-electron chi connectivity index (χ0n) is 14.5. The van der Waals surface area contributed by atoms with Crippen molar-refractivity contribution in [2.24, 2.45) is 7.05 Å². The van der Waals surface area contributed by atoms with Crippen molar-refractivity contribution < 1.29 is 9.84 Å². The summed E-state index contributed by atoms with van der Waals surface area (Å²) in [5.74, 6) is 0.713. The lowest BCUT2D eigenvalue weighted by Gasteiger charge is -2.15. The van der Waals surface area contributed by atoms with E-state index in [2.05, 4.69) is 15.3 Å². The van der Waals surface area contributed by atoms with E-state index in [1.807, 2.05) is 0 Å². The summed E-state index contributed by atoms with van der Waals surface area (Å²) in [5.41, 5.74) is -0.774. The molecule has 144 valence electrons. The predicted molar refractivity (Wildman–Crippen MR) is 103 cm³/mol. The molecule has 0 radical (unpaired) electrons. The zero-order valence-corrected chi connectivity index (χ0v) is 16.0. The minimum Gasteiger partial charge on any atom is -0.489 e. The first kappa shape index (κ1) is 19.3. The first-order chi connectivity index (χ1) is 12.8. The number of benzene rings is 1. The van der Waals surface area contributed by atoms with Gasteiger partial charge in [0.15, 0.2) is 11.2 Å². The van der Waals surface area contributed by atoms with E-state index in [-0.39, 0.29) is 24.3 Å². The second kappa shape index (κ2) is 7.63. The Kier molecular flexibility index (Phi) is 5.45. The molecule has 0 unspecified atom stereocenters. The molecule has 3 N–H and O–H groups in total. The molecule has 3 rings (SSSR count). The largest absolute Gasteiger partial charge is 0.489 e. The lowest BCUT2D eigenvalue weighted by Crippen LogP contribution is -2.30. The number of ether oxygens (including phenoxy) is 1. The summed E-state index contributed by atoms with van der Waals surface area (Å²) < 4.78 is 8.24. The molecule has 0 bridgehead atoms. The van der Waals surface area contributed by atoms with Gasteiger partial charge in [0.2, 0.25) is 5.95 Å². The SMILES string of the molecule is CNc1nc2c(c(=O)[nH]c(=O)n2C)n1C[C@@H](O)COc1ccc(Cl)cc1Cl. The van der Waals surface area contributed by atoms with Crippen LogP contribution in [0.1, 0.15) is 0 Å². The Morgan fingerprint density at radius 1 is 1.37 bits per heavy atom. The summed E-state index contributed by atoms with van der Waals surface area (Å²) in [6.45, 7) is -0.0625. The van der Waals surface area contributed by atoms with Gasteiger partial charge in [-0.1, -0.05) is 23.2 Å². The molecular formula is C16H17Cl2N5O4. The van der Waals surface area contributed by atoms with Crippen molar-refractivity contribution >= 4 is 40.3 Å². The molecule has 0 aliphatic carbocycles. The smallest absolute Gasteiger partial charge is 0.329 e. The van der Waals surface area contributed by atoms with Gasteiger partial charge in [-0.05, 0) is 18.2 Å². The molecule has 0 saturated carbocycles. The summed E-state index contributed by atoms with van der Waals surface area (Å²) in [5, 5.41) is 14.0. The highest BCUT2D eigenvalue weighted by Crippen LogP contribution is 2.27. The van der Waals surface area contributed by atoms with E-state index in [0.717, 1.165) is 0 Å². The van der Waals surface area contributed by atoms with Crippen LogP contribution in [0.2, 0.25) is 10.0 Å². The number of nitrogens with zero attached hydrogens (tertiary/aromatic N) is 3. The number of aliphatic hydroxyl groups is 1. The average molecular weight is 414 g/mol. The lowest BCUT2D eigenvalue weighted by atomic mass is 10.3. The number of aryl methyl sites for hydroxylation is 1. The molecular weight excluding hydrogens is 397 g/mol. The van der Waals surface area contributed by atoms with Gasteiger partial charge in [-0.25, -0.2) is 4.79 Å². The number of imidazole rings is 1. The number of aromatic nitrogens is 4. The number of fused-ring (bicyclic) bond motifs is 1. The zero-order chi connectivity index (χ0) is 19.7. The predicted octanol–water partition coefficient (Wildman–Crippen LogP) is 1.21. The Morgan fingerprint density at radius 2 is 2.11 bits per heavy atom. The topological polar surface area (TPSA) is 114 Å². The number of nitrogens with one attached hydrogen (secondary N) is 2. The van der Waals surface area contributed by atoms with Crippen LogP contribution in [0.3, 0.4) is 0 Å². The fourth-order valence-corrected chi connectivity index (χ4v) is 3.11. The first-order valence-electron chi connectivity index (χ1n) is 7.95. The summed E-state index contributed by atoms with van der Waals surface area (Å²) in [6.07, 6.45) is -0.974. The average Bonchev–Trinajstić information content (AvgIpc) is 2.98. The molecule has 1 aromatic carbocycles. The minimum atomic E-state index is -0.974. The Bertz CT molecular complexity index is 1100. The van der Waals surface area contributed by atoms with Crippen LogP contribution in [0.5, 0.6) is 5.75 Å². The molecule has 0 amide bonds. The molecule has 27 heavy (non-hydrogen) atoms. The number of aliphatic hydroxyl groups excluding tert-OH is 1. The summed E-state index contributed by atoms with van der Waals surface area (Å²) in [7, 11) is 3.12. The van der Waals surface area contributed by atoms with Crippen LogP contribution >= 0.6 is 23.2 Å². The van der Waals surface area contributed by atoms with Gasteiger partial charge in [-0.3, -0.25) is 14.3 Å². The standard InChI is InChI=1S/C16H17Cl2N5O4/c1-19-15-20-13-12(14(25)21-16(26)22(13)2)23(15)6-9(24)7-27-11-4-3-8(17)5-10(11)18/h3-5,9,24H,6-7H2,1-2H3,(H,19,20)(H,21,25,26)/t9-/m1/s1. The van der Waals surface area contributed by atoms with Crippen molar-refractivity contribution in [1.82, 2.24) is 19.1 Å². The van der Waals surface area contributed by atoms with Gasteiger partial charge in [-0.15, -0.1) is 0 Å². The number of rotatable bonds is 6. The molecule has 0 saturated heterocycles. The van der Waals surface area contributed by atoms with Crippen LogP contribution in [0, 0.1) is 0 Å². The number of hydrogen-bond donors (Lipinski definition) is 3. The molecule has 9 nitrogen and oxygen atoms in total. The maximum absolute atomic E-state index is 12.2. The van der Waals surface area contributed by atoms with Gasteiger partial charge in [0, 0.05) is 19.1 Å². The van der Waals surface area contributed by atoms with E-state index in [1.165, 1.54) is 22.2 Å². The Labute approximate surface area is 163 Å². The maximum Gasteiger partial charge on any atom is 0.329 e. The van der Waals surface area contributed by atoms with Gasteiger partial charge in [0.1, 0.15) is 18.5 Å². The number of aromatic amines is 1. The Hall–Kier alpha value is -2.49. The van der Waals surface area contributed by atoms with E-state index in [1.54, 1.807) is 19.2 Å². The van der Waals surface area contributed by atoms with Gasteiger partial charge in [0.05, 0.1) is 11.6 Å². The fraction of sp³-hybridized carbons (Fsp3) is 0.312. The van der Waals surface area contributed by atoms with Crippen molar-refractivity contribution in [2.45, 2.75) is 12.6 Å². The summed E-state index contributed by atoms with van der Waals surface area (Å²) >= 11 is 11.9. The van der Waals surface area contributed by atoms with Gasteiger partial charge < -0.3 is 19.7 Å². The number of H-pyrrole nitrogens is 1. The number of halogens is 2. The van der Waals surface area contributed by atoms with Crippen LogP contribution in [0.25, 0.3) is 11.2 Å². The van der Waals surface area contributed by atoms with Crippen LogP contribution in [0.15, 0.2) is 27.8 Å². The maximum atomic E-state index is 12.2. The van der Waals surface area contributed by atoms with Gasteiger partial charge in [0.25, 0.3) is 5.56 Å². The van der Waals surface area contributed by atoms with Crippen LogP contribution < -0.4 is 21.3 Å². The third-order valence-corrected chi connectivity index (χ3v) is 4.48. The Balaban J connectivity index is 1.86. The third kappa shape index (κ3) is 3.80. The van der Waals surface area contributed by atoms with Crippen LogP contribution in [0.4, 0.5) is 5.95 Å². The van der Waals surface area contributed by atoms with E-state index in [0.29, 0.717) is 21.7 Å². The monoisotopic (exact) mass is 413 g/mol. The summed E-state index contributed by atoms with van der Waals surface area (Å²) in [4.78, 5) is 30.5. The molecule has 0 fully saturated rings. The van der Waals surface area contributed by atoms with Crippen LogP contribution in [-0.2, 0) is 13.6 Å². The highest BCUT2D eigenvalue weighted by molar-refractivity contribution is 6.35. The van der Waals surface area contributed by atoms with Crippen molar-refractivity contribution in [3.05, 3.63) is 49.1 Å². The van der Waals surface area contributed by atoms with Gasteiger partial charge in [-0.2, -0.15) is 4.98 Å². The number of anilines is 1. The quantitative estimate of drug-likeness (QED) is 0.559. The molecule has 0 spiro atoms. The molecule has 0 aliphatic heterocycles. The van der Waals surface area contributed by atoms with E-state index in [9.17, 15) is 14.7 Å². The van der Waals surface area contributed by atoms with E-state index < -0.39 is 17.4 Å². The van der Waals surface area contributed by atoms with Crippen molar-refractivity contribution in [1.29, 1.82) is 0 Å². The second-order valence-electron chi connectivity index (χ2n) is 5.83. The molecule has 0 aliphatic rings. The van der Waals surface area contributed by atoms with Gasteiger partial charge >= 0.3 is 5.69 Å². The van der Waals surface area contributed by atoms with Crippen molar-refractivity contribution in [2.75, 3.05) is 19.0 Å². The lowest BCUT2D eigenvalue weighted by molar-refractivity contribution is 0.0939. The minimum absolute atomic E-state index is 0.0131. The number of hydrogen-bond acceptors (Lipinski definition) is 6. The molecule has 2 aromatic heterocycles. The Morgan fingerprint density at radius 3 is 2.78 bits per heavy atom. The molecule has 2 heterocycles. The van der Waals surface area contributed by atoms with Crippen LogP contribution in [-0.4, -0.2) is 44.0 Å². The first-order valence-corrected chi connectivity index (χ1v) is 8.70. The highest BCUT2D eigenvalue weighted by atomic mass is 35.5. The highest BCUT2D eigenvalue weighted by Gasteiger charge is 2.19. The molecule has 3 aromatic rings. The third-order valence-electron chi connectivity index (χ3n) is 3.95.